The Kier molecular flexibility index (Phi) is 4.87. The van der Waals surface area contributed by atoms with Crippen LogP contribution in [0.1, 0.15) is 20.3 Å². The smallest absolute Gasteiger partial charge is 0.263 e. The molecule has 0 unspecified atom stereocenters. The Morgan fingerprint density at radius 2 is 2.23 bits per heavy atom. The van der Waals surface area contributed by atoms with E-state index in [2.05, 4.69) is 5.32 Å². The summed E-state index contributed by atoms with van der Waals surface area (Å²) in [7, 11) is -3.54. The summed E-state index contributed by atoms with van der Waals surface area (Å²) < 4.78 is 30.8. The number of ether oxygens (including phenoxy) is 1. The van der Waals surface area contributed by atoms with Crippen molar-refractivity contribution in [3.63, 3.8) is 0 Å². The van der Waals surface area contributed by atoms with E-state index in [1.54, 1.807) is 12.1 Å². The van der Waals surface area contributed by atoms with Gasteiger partial charge in [0.15, 0.2) is 6.10 Å². The maximum Gasteiger partial charge on any atom is 0.263 e. The molecular weight excluding hydrogens is 328 g/mol. The summed E-state index contributed by atoms with van der Waals surface area (Å²) in [6, 6.07) is 4.67. The van der Waals surface area contributed by atoms with E-state index in [1.807, 2.05) is 13.8 Å². The third-order valence-corrected chi connectivity index (χ3v) is 4.87. The molecule has 1 aliphatic rings. The topological polar surface area (TPSA) is 75.7 Å². The van der Waals surface area contributed by atoms with Crippen LogP contribution in [0.4, 0.5) is 5.69 Å². The van der Waals surface area contributed by atoms with Crippen molar-refractivity contribution in [2.75, 3.05) is 17.1 Å². The van der Waals surface area contributed by atoms with Crippen LogP contribution in [0.5, 0.6) is 5.75 Å². The van der Waals surface area contributed by atoms with E-state index in [0.29, 0.717) is 16.5 Å². The molecule has 0 fully saturated rings. The van der Waals surface area contributed by atoms with Crippen molar-refractivity contribution in [3.8, 4) is 5.75 Å². The maximum absolute atomic E-state index is 12.2. The lowest BCUT2D eigenvalue weighted by atomic mass is 10.2. The fourth-order valence-corrected chi connectivity index (χ4v) is 3.19. The number of anilines is 1. The van der Waals surface area contributed by atoms with Crippen molar-refractivity contribution >= 4 is 33.2 Å². The number of amides is 1. The van der Waals surface area contributed by atoms with Crippen LogP contribution in [0.25, 0.3) is 0 Å². The third-order valence-electron chi connectivity index (χ3n) is 3.48. The van der Waals surface area contributed by atoms with Gasteiger partial charge < -0.3 is 10.1 Å². The van der Waals surface area contributed by atoms with E-state index < -0.39 is 16.1 Å². The third kappa shape index (κ3) is 3.64. The normalized spacial score (nSPS) is 19.1. The zero-order valence-electron chi connectivity index (χ0n) is 12.7. The van der Waals surface area contributed by atoms with E-state index in [9.17, 15) is 13.2 Å². The second-order valence-electron chi connectivity index (χ2n) is 5.33. The Bertz CT molecular complexity index is 677. The first kappa shape index (κ1) is 16.9. The molecule has 1 aromatic rings. The Morgan fingerprint density at radius 3 is 2.82 bits per heavy atom. The maximum atomic E-state index is 12.2. The van der Waals surface area contributed by atoms with Crippen LogP contribution < -0.4 is 14.4 Å². The second-order valence-corrected chi connectivity index (χ2v) is 7.67. The van der Waals surface area contributed by atoms with Gasteiger partial charge in [0.25, 0.3) is 5.91 Å². The molecule has 1 amide bonds. The van der Waals surface area contributed by atoms with E-state index in [0.717, 1.165) is 17.0 Å². The van der Waals surface area contributed by atoms with Crippen LogP contribution in [0.2, 0.25) is 5.02 Å². The van der Waals surface area contributed by atoms with Crippen molar-refractivity contribution in [2.24, 2.45) is 0 Å². The molecule has 0 radical (unpaired) electrons. The first-order valence-electron chi connectivity index (χ1n) is 6.96. The van der Waals surface area contributed by atoms with Gasteiger partial charge in [-0.05, 0) is 31.5 Å². The quantitative estimate of drug-likeness (QED) is 0.901. The number of nitrogens with one attached hydrogen (secondary N) is 1. The molecule has 0 aromatic heterocycles. The number of fused-ring (bicyclic) bond motifs is 1. The minimum atomic E-state index is -3.54. The van der Waals surface area contributed by atoms with Gasteiger partial charge >= 0.3 is 0 Å². The van der Waals surface area contributed by atoms with Gasteiger partial charge in [0, 0.05) is 11.1 Å². The molecular formula is C14H19ClN2O4S. The van der Waals surface area contributed by atoms with Crippen LogP contribution in [-0.4, -0.2) is 39.3 Å². The van der Waals surface area contributed by atoms with Gasteiger partial charge in [-0.25, -0.2) is 8.42 Å². The van der Waals surface area contributed by atoms with Crippen molar-refractivity contribution < 1.29 is 17.9 Å². The lowest BCUT2D eigenvalue weighted by Gasteiger charge is -2.34. The van der Waals surface area contributed by atoms with Gasteiger partial charge in [0.2, 0.25) is 10.0 Å². The standard InChI is InChI=1S/C14H19ClN2O4S/c1-4-9(2)16-14(18)13-8-17(22(3,19)20)11-7-10(15)5-6-12(11)21-13/h5-7,9,13H,4,8H2,1-3H3,(H,16,18)/t9-,13-/m1/s1. The summed E-state index contributed by atoms with van der Waals surface area (Å²) in [6.45, 7) is 3.75. The molecule has 0 saturated carbocycles. The van der Waals surface area contributed by atoms with Crippen LogP contribution in [-0.2, 0) is 14.8 Å². The minimum absolute atomic E-state index is 0.00519. The van der Waals surface area contributed by atoms with Crippen LogP contribution in [0.15, 0.2) is 18.2 Å². The fraction of sp³-hybridized carbons (Fsp3) is 0.500. The summed E-state index contributed by atoms with van der Waals surface area (Å²) in [5, 5.41) is 3.20. The van der Waals surface area contributed by atoms with Gasteiger partial charge in [0.05, 0.1) is 18.5 Å². The molecule has 1 N–H and O–H groups in total. The van der Waals surface area contributed by atoms with Crippen molar-refractivity contribution in [3.05, 3.63) is 23.2 Å². The Morgan fingerprint density at radius 1 is 1.55 bits per heavy atom. The number of benzene rings is 1. The van der Waals surface area contributed by atoms with Crippen LogP contribution in [0, 0.1) is 0 Å². The molecule has 1 heterocycles. The van der Waals surface area contributed by atoms with Gasteiger partial charge in [0.1, 0.15) is 5.75 Å². The second kappa shape index (κ2) is 6.34. The molecule has 1 aromatic carbocycles. The highest BCUT2D eigenvalue weighted by molar-refractivity contribution is 7.92. The van der Waals surface area contributed by atoms with Gasteiger partial charge in [-0.15, -0.1) is 0 Å². The average molecular weight is 347 g/mol. The monoisotopic (exact) mass is 346 g/mol. The van der Waals surface area contributed by atoms with Crippen molar-refractivity contribution in [2.45, 2.75) is 32.4 Å². The first-order valence-corrected chi connectivity index (χ1v) is 9.19. The summed E-state index contributed by atoms with van der Waals surface area (Å²) in [6.07, 6.45) is 0.977. The largest absolute Gasteiger partial charge is 0.476 e. The lowest BCUT2D eigenvalue weighted by molar-refractivity contribution is -0.128. The van der Waals surface area contributed by atoms with E-state index in [-0.39, 0.29) is 18.5 Å². The average Bonchev–Trinajstić information content (AvgIpc) is 2.44. The van der Waals surface area contributed by atoms with Crippen LogP contribution in [0.3, 0.4) is 0 Å². The molecule has 22 heavy (non-hydrogen) atoms. The van der Waals surface area contributed by atoms with Gasteiger partial charge in [-0.3, -0.25) is 9.10 Å². The number of nitrogens with zero attached hydrogens (tertiary/aromatic N) is 1. The van der Waals surface area contributed by atoms with E-state index >= 15 is 0 Å². The predicted octanol–water partition coefficient (Wildman–Crippen LogP) is 1.78. The number of rotatable bonds is 4. The van der Waals surface area contributed by atoms with Gasteiger partial charge in [-0.1, -0.05) is 18.5 Å². The predicted molar refractivity (Wildman–Crippen MR) is 86.0 cm³/mol. The summed E-state index contributed by atoms with van der Waals surface area (Å²) in [5.74, 6) is -0.00558. The summed E-state index contributed by atoms with van der Waals surface area (Å²) in [5.41, 5.74) is 0.350. The molecule has 8 heteroatoms. The molecule has 0 spiro atoms. The number of halogens is 1. The molecule has 2 rings (SSSR count). The summed E-state index contributed by atoms with van der Waals surface area (Å²) >= 11 is 5.92. The fourth-order valence-electron chi connectivity index (χ4n) is 2.11. The molecule has 122 valence electrons. The Labute approximate surface area is 135 Å². The number of hydrogen-bond donors (Lipinski definition) is 1. The van der Waals surface area contributed by atoms with Crippen molar-refractivity contribution in [1.82, 2.24) is 5.32 Å². The minimum Gasteiger partial charge on any atom is -0.476 e. The molecule has 0 saturated heterocycles. The molecule has 6 nitrogen and oxygen atoms in total. The lowest BCUT2D eigenvalue weighted by Crippen LogP contribution is -2.51. The highest BCUT2D eigenvalue weighted by atomic mass is 35.5. The number of carbonyl (C=O) groups is 1. The van der Waals surface area contributed by atoms with E-state index in [1.165, 1.54) is 6.07 Å². The first-order chi connectivity index (χ1) is 10.2. The van der Waals surface area contributed by atoms with Crippen LogP contribution >= 0.6 is 11.6 Å². The SMILES string of the molecule is CC[C@@H](C)NC(=O)[C@H]1CN(S(C)(=O)=O)c2cc(Cl)ccc2O1. The van der Waals surface area contributed by atoms with E-state index in [4.69, 9.17) is 16.3 Å². The highest BCUT2D eigenvalue weighted by Gasteiger charge is 2.35. The zero-order chi connectivity index (χ0) is 16.5. The molecule has 2 atom stereocenters. The number of sulfonamides is 1. The number of carbonyl (C=O) groups excluding carboxylic acids is 1. The number of hydrogen-bond acceptors (Lipinski definition) is 4. The zero-order valence-corrected chi connectivity index (χ0v) is 14.2. The molecule has 0 aliphatic carbocycles. The van der Waals surface area contributed by atoms with Crippen molar-refractivity contribution in [1.29, 1.82) is 0 Å². The molecule has 1 aliphatic heterocycles. The summed E-state index contributed by atoms with van der Waals surface area (Å²) in [4.78, 5) is 12.2. The molecule has 0 bridgehead atoms. The Balaban J connectivity index is 2.33. The van der Waals surface area contributed by atoms with Gasteiger partial charge in [-0.2, -0.15) is 0 Å². The highest BCUT2D eigenvalue weighted by Crippen LogP contribution is 2.37. The Hall–Kier alpha value is -1.47.